The summed E-state index contributed by atoms with van der Waals surface area (Å²) in [4.78, 5) is 18.0. The summed E-state index contributed by atoms with van der Waals surface area (Å²) in [6.07, 6.45) is 3.14. The van der Waals surface area contributed by atoms with Gasteiger partial charge in [0.1, 0.15) is 13.1 Å². The number of nitrogens with one attached hydrogen (secondary N) is 1. The van der Waals surface area contributed by atoms with Crippen molar-refractivity contribution in [1.29, 1.82) is 0 Å². The number of likely N-dealkylation sites (N-methyl/N-ethyl adjacent to an activating group) is 1. The van der Waals surface area contributed by atoms with Crippen LogP contribution >= 0.6 is 0 Å². The number of hydrogen-bond acceptors (Lipinski definition) is 3. The summed E-state index contributed by atoms with van der Waals surface area (Å²) in [6, 6.07) is 15.9. The molecule has 0 spiro atoms. The Hall–Kier alpha value is -2.98. The maximum atomic E-state index is 12.0. The molecular formula is C23H22N2O2. The molecule has 0 amide bonds. The first kappa shape index (κ1) is 17.4. The van der Waals surface area contributed by atoms with E-state index in [-0.39, 0.29) is 5.56 Å². The Balaban J connectivity index is 1.93. The Morgan fingerprint density at radius 3 is 2.59 bits per heavy atom. The van der Waals surface area contributed by atoms with Crippen molar-refractivity contribution in [1.82, 2.24) is 4.98 Å². The molecular weight excluding hydrogens is 336 g/mol. The Bertz CT molecular complexity index is 1050. The standard InChI is InChI=1S/C23H22N2O2/c1-3-15-8-10-16(11-9-15)12-17-13-25(2)14-19-21(23(26)27)18-6-4-5-7-20(18)24-22(17)19/h4-12H,3,13-14H2,1-2H3,(H,26,27)/b17-12+. The molecule has 3 aromatic rings. The molecule has 27 heavy (non-hydrogen) atoms. The van der Waals surface area contributed by atoms with Crippen LogP contribution in [0.2, 0.25) is 0 Å². The zero-order valence-electron chi connectivity index (χ0n) is 15.6. The van der Waals surface area contributed by atoms with Crippen molar-refractivity contribution < 1.29 is 14.8 Å². The second kappa shape index (κ2) is 6.97. The third-order valence-electron chi connectivity index (χ3n) is 5.20. The molecule has 0 fully saturated rings. The fraction of sp³-hybridized carbons (Fsp3) is 0.217. The molecule has 1 N–H and O–H groups in total. The van der Waals surface area contributed by atoms with Gasteiger partial charge in [-0.1, -0.05) is 49.4 Å². The van der Waals surface area contributed by atoms with Crippen molar-refractivity contribution in [2.24, 2.45) is 0 Å². The van der Waals surface area contributed by atoms with Gasteiger partial charge in [-0.25, -0.2) is 4.98 Å². The molecule has 2 aromatic carbocycles. The highest BCUT2D eigenvalue weighted by Gasteiger charge is 2.27. The van der Waals surface area contributed by atoms with Crippen LogP contribution in [0.4, 0.5) is 0 Å². The number of carboxylic acids is 1. The van der Waals surface area contributed by atoms with Crippen molar-refractivity contribution in [2.75, 3.05) is 13.6 Å². The van der Waals surface area contributed by atoms with Crippen molar-refractivity contribution in [3.8, 4) is 0 Å². The van der Waals surface area contributed by atoms with Crippen LogP contribution < -0.4 is 10.0 Å². The van der Waals surface area contributed by atoms with Crippen molar-refractivity contribution in [3.05, 3.63) is 76.5 Å². The fourth-order valence-electron chi connectivity index (χ4n) is 3.87. The Labute approximate surface area is 158 Å². The molecule has 4 rings (SSSR count). The lowest BCUT2D eigenvalue weighted by Gasteiger charge is -2.27. The lowest BCUT2D eigenvalue weighted by Crippen LogP contribution is -3.08. The number of aryl methyl sites for hydroxylation is 1. The largest absolute Gasteiger partial charge is 0.545 e. The predicted molar refractivity (Wildman–Crippen MR) is 105 cm³/mol. The van der Waals surface area contributed by atoms with E-state index in [1.54, 1.807) is 0 Å². The van der Waals surface area contributed by atoms with Crippen LogP contribution in [0.15, 0.2) is 48.5 Å². The molecule has 4 nitrogen and oxygen atoms in total. The number of rotatable bonds is 3. The zero-order chi connectivity index (χ0) is 19.0. The van der Waals surface area contributed by atoms with Crippen LogP contribution in [0.25, 0.3) is 22.6 Å². The van der Waals surface area contributed by atoms with Crippen LogP contribution in [-0.4, -0.2) is 24.5 Å². The number of nitrogens with zero attached hydrogens (tertiary/aromatic N) is 1. The van der Waals surface area contributed by atoms with Gasteiger partial charge in [0.15, 0.2) is 0 Å². The Morgan fingerprint density at radius 2 is 1.89 bits per heavy atom. The van der Waals surface area contributed by atoms with Crippen molar-refractivity contribution in [2.45, 2.75) is 19.9 Å². The number of pyridine rings is 1. The molecule has 1 aliphatic heterocycles. The first-order chi connectivity index (χ1) is 13.1. The molecule has 0 bridgehead atoms. The molecule has 1 atom stereocenters. The molecule has 2 heterocycles. The molecule has 1 unspecified atom stereocenters. The van der Waals surface area contributed by atoms with Gasteiger partial charge in [0, 0.05) is 22.1 Å². The second-order valence-corrected chi connectivity index (χ2v) is 7.19. The van der Waals surface area contributed by atoms with Gasteiger partial charge in [-0.2, -0.15) is 0 Å². The Kier molecular flexibility index (Phi) is 4.50. The topological polar surface area (TPSA) is 57.5 Å². The minimum atomic E-state index is -1.13. The molecule has 4 heteroatoms. The molecule has 0 saturated carbocycles. The number of quaternary nitrogens is 1. The number of para-hydroxylation sites is 1. The lowest BCUT2D eigenvalue weighted by molar-refractivity contribution is -0.887. The van der Waals surface area contributed by atoms with Gasteiger partial charge in [0.25, 0.3) is 0 Å². The second-order valence-electron chi connectivity index (χ2n) is 7.19. The molecule has 0 saturated heterocycles. The normalized spacial score (nSPS) is 17.9. The first-order valence-corrected chi connectivity index (χ1v) is 9.31. The highest BCUT2D eigenvalue weighted by Crippen LogP contribution is 2.29. The summed E-state index contributed by atoms with van der Waals surface area (Å²) in [5.41, 5.74) is 6.00. The van der Waals surface area contributed by atoms with Crippen LogP contribution in [0.3, 0.4) is 0 Å². The number of carboxylic acid groups (broad SMARTS) is 1. The van der Waals surface area contributed by atoms with Crippen molar-refractivity contribution in [3.63, 3.8) is 0 Å². The minimum absolute atomic E-state index is 0.280. The van der Waals surface area contributed by atoms with Gasteiger partial charge >= 0.3 is 0 Å². The van der Waals surface area contributed by atoms with Crippen LogP contribution in [0, 0.1) is 0 Å². The minimum Gasteiger partial charge on any atom is -0.545 e. The van der Waals surface area contributed by atoms with E-state index in [1.165, 1.54) is 10.5 Å². The number of fused-ring (bicyclic) bond motifs is 2. The SMILES string of the molecule is CCc1ccc(/C=C2\C[NH+](C)Cc3c2nc2ccccc2c3C(=O)[O-])cc1. The Morgan fingerprint density at radius 1 is 1.15 bits per heavy atom. The average Bonchev–Trinajstić information content (AvgIpc) is 2.66. The summed E-state index contributed by atoms with van der Waals surface area (Å²) >= 11 is 0. The maximum Gasteiger partial charge on any atom is 0.106 e. The van der Waals surface area contributed by atoms with Gasteiger partial charge in [0.05, 0.1) is 24.2 Å². The van der Waals surface area contributed by atoms with Crippen LogP contribution in [0.5, 0.6) is 0 Å². The van der Waals surface area contributed by atoms with E-state index in [1.807, 2.05) is 24.3 Å². The van der Waals surface area contributed by atoms with E-state index in [9.17, 15) is 9.90 Å². The molecule has 0 aliphatic carbocycles. The maximum absolute atomic E-state index is 12.0. The van der Waals surface area contributed by atoms with E-state index in [4.69, 9.17) is 4.98 Å². The van der Waals surface area contributed by atoms with E-state index in [2.05, 4.69) is 44.3 Å². The fourth-order valence-corrected chi connectivity index (χ4v) is 3.87. The number of carbonyl (C=O) groups is 1. The smallest absolute Gasteiger partial charge is 0.106 e. The van der Waals surface area contributed by atoms with Gasteiger partial charge < -0.3 is 14.8 Å². The first-order valence-electron chi connectivity index (χ1n) is 9.31. The molecule has 136 valence electrons. The third-order valence-corrected chi connectivity index (χ3v) is 5.20. The average molecular weight is 358 g/mol. The van der Waals surface area contributed by atoms with Gasteiger partial charge in [0.2, 0.25) is 0 Å². The van der Waals surface area contributed by atoms with Crippen LogP contribution in [-0.2, 0) is 13.0 Å². The van der Waals surface area contributed by atoms with Gasteiger partial charge in [-0.05, 0) is 29.7 Å². The summed E-state index contributed by atoms with van der Waals surface area (Å²) < 4.78 is 0. The zero-order valence-corrected chi connectivity index (χ0v) is 15.6. The number of carbonyl (C=O) groups excluding carboxylic acids is 1. The number of aromatic carboxylic acids is 1. The predicted octanol–water partition coefficient (Wildman–Crippen LogP) is 1.73. The number of aromatic nitrogens is 1. The highest BCUT2D eigenvalue weighted by molar-refractivity contribution is 6.04. The molecule has 1 aromatic heterocycles. The number of benzene rings is 2. The van der Waals surface area contributed by atoms with E-state index >= 15 is 0 Å². The monoisotopic (exact) mass is 358 g/mol. The summed E-state index contributed by atoms with van der Waals surface area (Å²) in [5, 5.41) is 12.6. The molecule has 0 radical (unpaired) electrons. The quantitative estimate of drug-likeness (QED) is 0.776. The van der Waals surface area contributed by atoms with E-state index in [0.717, 1.165) is 35.4 Å². The van der Waals surface area contributed by atoms with Crippen molar-refractivity contribution >= 4 is 28.5 Å². The van der Waals surface area contributed by atoms with Gasteiger partial charge in [-0.3, -0.25) is 0 Å². The number of hydrogen-bond donors (Lipinski definition) is 1. The summed E-state index contributed by atoms with van der Waals surface area (Å²) in [7, 11) is 2.07. The third kappa shape index (κ3) is 3.24. The highest BCUT2D eigenvalue weighted by atomic mass is 16.4. The van der Waals surface area contributed by atoms with E-state index in [0.29, 0.717) is 17.4 Å². The molecule has 1 aliphatic rings. The summed E-state index contributed by atoms with van der Waals surface area (Å²) in [5.74, 6) is -1.13. The van der Waals surface area contributed by atoms with Gasteiger partial charge in [-0.15, -0.1) is 0 Å². The lowest BCUT2D eigenvalue weighted by atomic mass is 9.92. The van der Waals surface area contributed by atoms with Crippen LogP contribution in [0.1, 0.15) is 39.7 Å². The summed E-state index contributed by atoms with van der Waals surface area (Å²) in [6.45, 7) is 3.57. The van der Waals surface area contributed by atoms with E-state index < -0.39 is 5.97 Å².